The van der Waals surface area contributed by atoms with Gasteiger partial charge in [-0.2, -0.15) is 13.1 Å². The molecule has 2 aromatic carbocycles. The number of benzene rings is 2. The molecule has 1 amide bonds. The van der Waals surface area contributed by atoms with Crippen LogP contribution in [0.1, 0.15) is 22.8 Å². The molecule has 0 bridgehead atoms. The highest BCUT2D eigenvalue weighted by molar-refractivity contribution is 7.89. The van der Waals surface area contributed by atoms with E-state index in [-0.39, 0.29) is 47.6 Å². The summed E-state index contributed by atoms with van der Waals surface area (Å²) in [6, 6.07) is 9.59. The summed E-state index contributed by atoms with van der Waals surface area (Å²) in [6.45, 7) is -0.886. The molecule has 1 fully saturated rings. The van der Waals surface area contributed by atoms with Crippen molar-refractivity contribution >= 4 is 21.9 Å². The molecule has 0 aliphatic carbocycles. The largest absolute Gasteiger partial charge is 0.493 e. The number of nitrogens with zero attached hydrogens (tertiary/aromatic N) is 2. The third-order valence-electron chi connectivity index (χ3n) is 5.21. The van der Waals surface area contributed by atoms with Gasteiger partial charge in [-0.05, 0) is 35.9 Å². The van der Waals surface area contributed by atoms with E-state index in [1.807, 2.05) is 0 Å². The Balaban J connectivity index is 1.67. The van der Waals surface area contributed by atoms with Crippen LogP contribution in [0.2, 0.25) is 0 Å². The van der Waals surface area contributed by atoms with Crippen LogP contribution in [0.25, 0.3) is 0 Å². The van der Waals surface area contributed by atoms with Gasteiger partial charge in [0.15, 0.2) is 11.5 Å². The molecule has 184 valence electrons. The van der Waals surface area contributed by atoms with Gasteiger partial charge in [-0.3, -0.25) is 4.79 Å². The van der Waals surface area contributed by atoms with Crippen LogP contribution in [0.5, 0.6) is 11.5 Å². The highest BCUT2D eigenvalue weighted by Gasteiger charge is 2.29. The maximum atomic E-state index is 13.0. The fourth-order valence-electron chi connectivity index (χ4n) is 3.40. The van der Waals surface area contributed by atoms with Crippen molar-refractivity contribution < 1.29 is 41.0 Å². The number of amides is 1. The SMILES string of the molecule is COc1cc(COC(=O)c2cccc(S(=O)(=O)N3CCN(C(C)=O)CC3)c2)ccc1OC(F)F. The topological polar surface area (TPSA) is 102 Å². The number of ether oxygens (including phenoxy) is 3. The Hall–Kier alpha value is -3.25. The highest BCUT2D eigenvalue weighted by atomic mass is 32.2. The van der Waals surface area contributed by atoms with Crippen LogP contribution in [0.15, 0.2) is 47.4 Å². The van der Waals surface area contributed by atoms with Crippen molar-refractivity contribution in [3.63, 3.8) is 0 Å². The number of carbonyl (C=O) groups is 2. The maximum Gasteiger partial charge on any atom is 0.387 e. The van der Waals surface area contributed by atoms with Gasteiger partial charge in [0.1, 0.15) is 6.61 Å². The second-order valence-electron chi connectivity index (χ2n) is 7.38. The quantitative estimate of drug-likeness (QED) is 0.516. The van der Waals surface area contributed by atoms with Crippen molar-refractivity contribution in [3.8, 4) is 11.5 Å². The van der Waals surface area contributed by atoms with Crippen LogP contribution >= 0.6 is 0 Å². The Labute approximate surface area is 195 Å². The third-order valence-corrected chi connectivity index (χ3v) is 7.10. The van der Waals surface area contributed by atoms with Crippen LogP contribution in [0, 0.1) is 0 Å². The number of rotatable bonds is 8. The molecule has 0 N–H and O–H groups in total. The fraction of sp³-hybridized carbons (Fsp3) is 0.364. The molecule has 0 atom stereocenters. The number of carbonyl (C=O) groups excluding carboxylic acids is 2. The first-order valence-corrected chi connectivity index (χ1v) is 11.7. The smallest absolute Gasteiger partial charge is 0.387 e. The van der Waals surface area contributed by atoms with Gasteiger partial charge in [-0.25, -0.2) is 13.2 Å². The number of alkyl halides is 2. The molecule has 0 unspecified atom stereocenters. The van der Waals surface area contributed by atoms with Crippen molar-refractivity contribution in [3.05, 3.63) is 53.6 Å². The predicted molar refractivity (Wildman–Crippen MR) is 116 cm³/mol. The summed E-state index contributed by atoms with van der Waals surface area (Å²) in [5.74, 6) is -0.984. The average Bonchev–Trinajstić information content (AvgIpc) is 2.83. The predicted octanol–water partition coefficient (Wildman–Crippen LogP) is 2.51. The number of esters is 1. The molecule has 0 radical (unpaired) electrons. The Morgan fingerprint density at radius 2 is 1.74 bits per heavy atom. The minimum absolute atomic E-state index is 0.0352. The lowest BCUT2D eigenvalue weighted by Gasteiger charge is -2.33. The zero-order valence-corrected chi connectivity index (χ0v) is 19.4. The number of hydrogen-bond donors (Lipinski definition) is 0. The minimum atomic E-state index is -3.86. The summed E-state index contributed by atoms with van der Waals surface area (Å²) >= 11 is 0. The zero-order valence-electron chi connectivity index (χ0n) is 18.6. The van der Waals surface area contributed by atoms with Gasteiger partial charge < -0.3 is 19.1 Å². The van der Waals surface area contributed by atoms with Crippen LogP contribution in [0.4, 0.5) is 8.78 Å². The van der Waals surface area contributed by atoms with Gasteiger partial charge in [0.05, 0.1) is 17.6 Å². The van der Waals surface area contributed by atoms with Crippen molar-refractivity contribution in [2.45, 2.75) is 25.0 Å². The summed E-state index contributed by atoms with van der Waals surface area (Å²) in [6.07, 6.45) is 0. The molecule has 34 heavy (non-hydrogen) atoms. The third kappa shape index (κ3) is 6.00. The van der Waals surface area contributed by atoms with E-state index in [1.165, 1.54) is 60.8 Å². The van der Waals surface area contributed by atoms with Gasteiger partial charge in [-0.1, -0.05) is 12.1 Å². The molecular formula is C22H24F2N2O7S. The molecule has 2 aromatic rings. The van der Waals surface area contributed by atoms with Crippen LogP contribution < -0.4 is 9.47 Å². The van der Waals surface area contributed by atoms with E-state index in [9.17, 15) is 26.8 Å². The number of sulfonamides is 1. The first-order valence-electron chi connectivity index (χ1n) is 10.3. The zero-order chi connectivity index (χ0) is 24.9. The Morgan fingerprint density at radius 3 is 2.35 bits per heavy atom. The van der Waals surface area contributed by atoms with Crippen LogP contribution in [-0.2, 0) is 26.2 Å². The monoisotopic (exact) mass is 498 g/mol. The summed E-state index contributed by atoms with van der Waals surface area (Å²) in [7, 11) is -2.58. The molecule has 1 aliphatic heterocycles. The van der Waals surface area contributed by atoms with Crippen LogP contribution in [-0.4, -0.2) is 69.4 Å². The minimum Gasteiger partial charge on any atom is -0.493 e. The van der Waals surface area contributed by atoms with Gasteiger partial charge in [0.25, 0.3) is 0 Å². The lowest BCUT2D eigenvalue weighted by atomic mass is 10.2. The molecule has 12 heteroatoms. The summed E-state index contributed by atoms with van der Waals surface area (Å²) in [5.41, 5.74) is 0.493. The lowest BCUT2D eigenvalue weighted by Crippen LogP contribution is -2.49. The fourth-order valence-corrected chi connectivity index (χ4v) is 4.87. The summed E-state index contributed by atoms with van der Waals surface area (Å²) in [5, 5.41) is 0. The van der Waals surface area contributed by atoms with Gasteiger partial charge >= 0.3 is 12.6 Å². The molecule has 1 heterocycles. The number of halogens is 2. The molecule has 3 rings (SSSR count). The van der Waals surface area contributed by atoms with E-state index < -0.39 is 22.6 Å². The first kappa shape index (κ1) is 25.4. The normalized spacial score (nSPS) is 14.7. The number of hydrogen-bond acceptors (Lipinski definition) is 7. The van der Waals surface area contributed by atoms with Crippen molar-refractivity contribution in [1.82, 2.24) is 9.21 Å². The Kier molecular flexibility index (Phi) is 8.05. The van der Waals surface area contributed by atoms with Crippen molar-refractivity contribution in [2.75, 3.05) is 33.3 Å². The molecule has 0 spiro atoms. The second-order valence-corrected chi connectivity index (χ2v) is 9.32. The van der Waals surface area contributed by atoms with E-state index in [4.69, 9.17) is 9.47 Å². The molecule has 0 saturated carbocycles. The number of piperazine rings is 1. The summed E-state index contributed by atoms with van der Waals surface area (Å²) < 4.78 is 66.8. The van der Waals surface area contributed by atoms with Crippen molar-refractivity contribution in [2.24, 2.45) is 0 Å². The van der Waals surface area contributed by atoms with Gasteiger partial charge in [0.2, 0.25) is 15.9 Å². The van der Waals surface area contributed by atoms with Crippen molar-refractivity contribution in [1.29, 1.82) is 0 Å². The van der Waals surface area contributed by atoms with E-state index >= 15 is 0 Å². The van der Waals surface area contributed by atoms with Gasteiger partial charge in [0, 0.05) is 33.1 Å². The molecular weight excluding hydrogens is 474 g/mol. The lowest BCUT2D eigenvalue weighted by molar-refractivity contribution is -0.129. The van der Waals surface area contributed by atoms with E-state index in [1.54, 1.807) is 4.90 Å². The Bertz CT molecular complexity index is 1150. The Morgan fingerprint density at radius 1 is 1.03 bits per heavy atom. The van der Waals surface area contributed by atoms with E-state index in [2.05, 4.69) is 4.74 Å². The second kappa shape index (κ2) is 10.8. The average molecular weight is 499 g/mol. The molecule has 1 aliphatic rings. The van der Waals surface area contributed by atoms with E-state index in [0.29, 0.717) is 18.7 Å². The van der Waals surface area contributed by atoms with Gasteiger partial charge in [-0.15, -0.1) is 0 Å². The van der Waals surface area contributed by atoms with E-state index in [0.717, 1.165) is 0 Å². The van der Waals surface area contributed by atoms with Crippen LogP contribution in [0.3, 0.4) is 0 Å². The standard InChI is InChI=1S/C22H24F2N2O7S/c1-15(27)25-8-10-26(11-9-25)34(29,30)18-5-3-4-17(13-18)21(28)32-14-16-6-7-19(33-22(23)24)20(12-16)31-2/h3-7,12-13,22H,8-11,14H2,1-2H3. The summed E-state index contributed by atoms with van der Waals surface area (Å²) in [4.78, 5) is 25.5. The molecule has 1 saturated heterocycles. The highest BCUT2D eigenvalue weighted by Crippen LogP contribution is 2.30. The molecule has 0 aromatic heterocycles. The first-order chi connectivity index (χ1) is 16.1. The molecule has 9 nitrogen and oxygen atoms in total. The maximum absolute atomic E-state index is 13.0. The number of methoxy groups -OCH3 is 1.